The van der Waals surface area contributed by atoms with Gasteiger partial charge in [-0.05, 0) is 6.42 Å². The van der Waals surface area contributed by atoms with Crippen LogP contribution in [0.2, 0.25) is 0 Å². The van der Waals surface area contributed by atoms with Crippen molar-refractivity contribution in [1.82, 2.24) is 10.2 Å². The van der Waals surface area contributed by atoms with Gasteiger partial charge >= 0.3 is 5.97 Å². The van der Waals surface area contributed by atoms with E-state index in [9.17, 15) is 13.6 Å². The van der Waals surface area contributed by atoms with Gasteiger partial charge in [0.25, 0.3) is 0 Å². The summed E-state index contributed by atoms with van der Waals surface area (Å²) in [6.45, 7) is 1.95. The van der Waals surface area contributed by atoms with E-state index in [1.807, 2.05) is 0 Å². The molecule has 1 N–H and O–H groups in total. The van der Waals surface area contributed by atoms with Gasteiger partial charge in [-0.1, -0.05) is 6.92 Å². The summed E-state index contributed by atoms with van der Waals surface area (Å²) in [6, 6.07) is 0. The molecule has 0 spiro atoms. The van der Waals surface area contributed by atoms with Crippen molar-refractivity contribution in [3.05, 3.63) is 17.5 Å². The quantitative estimate of drug-likeness (QED) is 0.730. The molecule has 0 saturated heterocycles. The third-order valence-corrected chi connectivity index (χ3v) is 1.30. The van der Waals surface area contributed by atoms with Gasteiger partial charge in [0.15, 0.2) is 0 Å². The highest BCUT2D eigenvalue weighted by atomic mass is 19.2. The summed E-state index contributed by atoms with van der Waals surface area (Å²) in [4.78, 5) is 10.9. The fourth-order valence-electron chi connectivity index (χ4n) is 0.705. The van der Waals surface area contributed by atoms with Gasteiger partial charge in [-0.2, -0.15) is 13.9 Å². The molecule has 0 atom stereocenters. The summed E-state index contributed by atoms with van der Waals surface area (Å²) in [5.74, 6) is -3.52. The molecule has 4 nitrogen and oxygen atoms in total. The Bertz CT molecular complexity index is 311. The fourth-order valence-corrected chi connectivity index (χ4v) is 0.705. The molecule has 6 heteroatoms. The standard InChI is InChI=1S/C7H8F2N2O2/c1-2-3-13-7(12)5-4(8)6(9)11-10-5/h2-3H2,1H3,(H,10,11). The number of ether oxygens (including phenoxy) is 1. The van der Waals surface area contributed by atoms with Crippen molar-refractivity contribution in [2.45, 2.75) is 13.3 Å². The number of hydrogen-bond acceptors (Lipinski definition) is 3. The van der Waals surface area contributed by atoms with Crippen LogP contribution >= 0.6 is 0 Å². The number of halogens is 2. The molecule has 1 aromatic heterocycles. The van der Waals surface area contributed by atoms with Crippen LogP contribution in [0, 0.1) is 11.8 Å². The number of rotatable bonds is 3. The van der Waals surface area contributed by atoms with Gasteiger partial charge in [-0.15, -0.1) is 0 Å². The highest BCUT2D eigenvalue weighted by Crippen LogP contribution is 2.08. The first-order valence-electron chi connectivity index (χ1n) is 3.73. The van der Waals surface area contributed by atoms with Crippen molar-refractivity contribution in [3.63, 3.8) is 0 Å². The number of aromatic amines is 1. The molecule has 0 fully saturated rings. The molecule has 0 unspecified atom stereocenters. The molecule has 13 heavy (non-hydrogen) atoms. The van der Waals surface area contributed by atoms with E-state index >= 15 is 0 Å². The zero-order valence-electron chi connectivity index (χ0n) is 6.93. The van der Waals surface area contributed by atoms with Gasteiger partial charge in [0.2, 0.25) is 17.5 Å². The van der Waals surface area contributed by atoms with Gasteiger partial charge < -0.3 is 4.74 Å². The van der Waals surface area contributed by atoms with Crippen LogP contribution < -0.4 is 0 Å². The predicted octanol–water partition coefficient (Wildman–Crippen LogP) is 1.25. The lowest BCUT2D eigenvalue weighted by molar-refractivity contribution is 0.0492. The molecular weight excluding hydrogens is 182 g/mol. The van der Waals surface area contributed by atoms with Crippen molar-refractivity contribution >= 4 is 5.97 Å². The first-order chi connectivity index (χ1) is 6.16. The Morgan fingerprint density at radius 1 is 1.62 bits per heavy atom. The van der Waals surface area contributed by atoms with E-state index in [-0.39, 0.29) is 6.61 Å². The van der Waals surface area contributed by atoms with Gasteiger partial charge in [0.05, 0.1) is 6.61 Å². The molecule has 0 aliphatic heterocycles. The maximum atomic E-state index is 12.7. The number of hydrogen-bond donors (Lipinski definition) is 1. The number of carbonyl (C=O) groups is 1. The average molecular weight is 190 g/mol. The van der Waals surface area contributed by atoms with Crippen LogP contribution in [0.3, 0.4) is 0 Å². The molecule has 1 aromatic rings. The topological polar surface area (TPSA) is 55.0 Å². The number of esters is 1. The molecule has 72 valence electrons. The Balaban J connectivity index is 2.71. The molecule has 0 bridgehead atoms. The molecule has 0 amide bonds. The minimum Gasteiger partial charge on any atom is -0.461 e. The summed E-state index contributed by atoms with van der Waals surface area (Å²) < 4.78 is 29.5. The second kappa shape index (κ2) is 3.97. The zero-order valence-corrected chi connectivity index (χ0v) is 6.93. The molecule has 0 aromatic carbocycles. The van der Waals surface area contributed by atoms with Crippen molar-refractivity contribution in [1.29, 1.82) is 0 Å². The second-order valence-electron chi connectivity index (χ2n) is 2.34. The van der Waals surface area contributed by atoms with Gasteiger partial charge in [0, 0.05) is 0 Å². The van der Waals surface area contributed by atoms with Crippen LogP contribution in [-0.4, -0.2) is 22.8 Å². The van der Waals surface area contributed by atoms with Crippen molar-refractivity contribution in [2.75, 3.05) is 6.61 Å². The van der Waals surface area contributed by atoms with E-state index in [1.54, 1.807) is 12.0 Å². The lowest BCUT2D eigenvalue weighted by atomic mass is 10.4. The lowest BCUT2D eigenvalue weighted by Crippen LogP contribution is -2.08. The van der Waals surface area contributed by atoms with Crippen molar-refractivity contribution < 1.29 is 18.3 Å². The minimum atomic E-state index is -1.30. The molecule has 0 radical (unpaired) electrons. The van der Waals surface area contributed by atoms with Crippen molar-refractivity contribution in [3.8, 4) is 0 Å². The summed E-state index contributed by atoms with van der Waals surface area (Å²) in [5, 5.41) is 4.82. The normalized spacial score (nSPS) is 10.1. The van der Waals surface area contributed by atoms with Crippen molar-refractivity contribution in [2.24, 2.45) is 0 Å². The largest absolute Gasteiger partial charge is 0.461 e. The number of carbonyl (C=O) groups excluding carboxylic acids is 1. The van der Waals surface area contributed by atoms with E-state index < -0.39 is 23.4 Å². The highest BCUT2D eigenvalue weighted by molar-refractivity contribution is 5.87. The van der Waals surface area contributed by atoms with E-state index in [1.165, 1.54) is 0 Å². The van der Waals surface area contributed by atoms with E-state index in [0.717, 1.165) is 0 Å². The van der Waals surface area contributed by atoms with E-state index in [0.29, 0.717) is 6.42 Å². The first kappa shape index (κ1) is 9.63. The Hall–Kier alpha value is -1.46. The Morgan fingerprint density at radius 3 is 2.77 bits per heavy atom. The summed E-state index contributed by atoms with van der Waals surface area (Å²) >= 11 is 0. The Labute approximate surface area is 72.9 Å². The van der Waals surface area contributed by atoms with Gasteiger partial charge in [-0.25, -0.2) is 9.89 Å². The highest BCUT2D eigenvalue weighted by Gasteiger charge is 2.20. The molecule has 1 heterocycles. The van der Waals surface area contributed by atoms with Gasteiger partial charge in [0.1, 0.15) is 0 Å². The number of nitrogens with one attached hydrogen (secondary N) is 1. The SMILES string of the molecule is CCCOC(=O)c1n[nH]c(F)c1F. The monoisotopic (exact) mass is 190 g/mol. The molecular formula is C7H8F2N2O2. The minimum absolute atomic E-state index is 0.159. The summed E-state index contributed by atoms with van der Waals surface area (Å²) in [5.41, 5.74) is -0.647. The van der Waals surface area contributed by atoms with Crippen LogP contribution in [0.5, 0.6) is 0 Å². The van der Waals surface area contributed by atoms with E-state index in [2.05, 4.69) is 9.84 Å². The smallest absolute Gasteiger partial charge is 0.362 e. The maximum Gasteiger partial charge on any atom is 0.362 e. The molecule has 1 rings (SSSR count). The van der Waals surface area contributed by atoms with Gasteiger partial charge in [-0.3, -0.25) is 0 Å². The third-order valence-electron chi connectivity index (χ3n) is 1.30. The van der Waals surface area contributed by atoms with E-state index in [4.69, 9.17) is 0 Å². The van der Waals surface area contributed by atoms with Crippen LogP contribution in [0.15, 0.2) is 0 Å². The number of aromatic nitrogens is 2. The van der Waals surface area contributed by atoms with Crippen LogP contribution in [0.1, 0.15) is 23.8 Å². The Morgan fingerprint density at radius 2 is 2.31 bits per heavy atom. The lowest BCUT2D eigenvalue weighted by Gasteiger charge is -1.98. The predicted molar refractivity (Wildman–Crippen MR) is 39.1 cm³/mol. The summed E-state index contributed by atoms with van der Waals surface area (Å²) in [6.07, 6.45) is 0.611. The average Bonchev–Trinajstić information content (AvgIpc) is 2.44. The molecule has 0 saturated carbocycles. The number of H-pyrrole nitrogens is 1. The van der Waals surface area contributed by atoms with Crippen LogP contribution in [0.25, 0.3) is 0 Å². The van der Waals surface area contributed by atoms with Crippen LogP contribution in [0.4, 0.5) is 8.78 Å². The Kier molecular flexibility index (Phi) is 2.94. The zero-order chi connectivity index (χ0) is 9.84. The maximum absolute atomic E-state index is 12.7. The third kappa shape index (κ3) is 2.01. The molecule has 0 aliphatic carbocycles. The number of nitrogens with zero attached hydrogens (tertiary/aromatic N) is 1. The summed E-state index contributed by atoms with van der Waals surface area (Å²) in [7, 11) is 0. The fraction of sp³-hybridized carbons (Fsp3) is 0.429. The first-order valence-corrected chi connectivity index (χ1v) is 3.73. The molecule has 0 aliphatic rings. The van der Waals surface area contributed by atoms with Crippen LogP contribution in [-0.2, 0) is 4.74 Å². The second-order valence-corrected chi connectivity index (χ2v) is 2.34.